The van der Waals surface area contributed by atoms with E-state index in [1.54, 1.807) is 4.68 Å². The lowest BCUT2D eigenvalue weighted by atomic mass is 10.0. The van der Waals surface area contributed by atoms with Gasteiger partial charge in [0.25, 0.3) is 0 Å². The Labute approximate surface area is 99.0 Å². The number of nitrogens with zero attached hydrogens (tertiary/aromatic N) is 4. The summed E-state index contributed by atoms with van der Waals surface area (Å²) in [4.78, 5) is 4.43. The van der Waals surface area contributed by atoms with E-state index in [1.807, 2.05) is 19.3 Å². The van der Waals surface area contributed by atoms with E-state index in [1.165, 1.54) is 0 Å². The Morgan fingerprint density at radius 2 is 2.41 bits per heavy atom. The van der Waals surface area contributed by atoms with Crippen LogP contribution in [0.4, 0.5) is 0 Å². The largest absolute Gasteiger partial charge is 0.337 e. The maximum absolute atomic E-state index is 5.34. The molecule has 90 valence electrons. The molecule has 1 N–H and O–H groups in total. The Morgan fingerprint density at radius 3 is 3.06 bits per heavy atom. The van der Waals surface area contributed by atoms with Crippen molar-refractivity contribution in [3.05, 3.63) is 18.2 Å². The highest BCUT2D eigenvalue weighted by Crippen LogP contribution is 2.29. The van der Waals surface area contributed by atoms with Crippen molar-refractivity contribution in [2.75, 3.05) is 6.54 Å². The fourth-order valence-corrected chi connectivity index (χ4v) is 2.16. The van der Waals surface area contributed by atoms with Crippen LogP contribution in [0.2, 0.25) is 0 Å². The average molecular weight is 233 g/mol. The predicted molar refractivity (Wildman–Crippen MR) is 61.1 cm³/mol. The first-order chi connectivity index (χ1) is 8.17. The van der Waals surface area contributed by atoms with E-state index < -0.39 is 0 Å². The van der Waals surface area contributed by atoms with Crippen molar-refractivity contribution in [2.24, 2.45) is 7.05 Å². The first-order valence-electron chi connectivity index (χ1n) is 5.77. The van der Waals surface area contributed by atoms with Crippen LogP contribution in [-0.4, -0.2) is 26.5 Å². The van der Waals surface area contributed by atoms with Gasteiger partial charge in [0.05, 0.1) is 5.54 Å². The molecule has 0 aromatic carbocycles. The fourth-order valence-electron chi connectivity index (χ4n) is 2.16. The van der Waals surface area contributed by atoms with Crippen LogP contribution in [-0.2, 0) is 12.6 Å². The third-order valence-electron chi connectivity index (χ3n) is 3.21. The van der Waals surface area contributed by atoms with E-state index in [2.05, 4.69) is 27.5 Å². The van der Waals surface area contributed by atoms with Crippen LogP contribution in [0.1, 0.15) is 25.7 Å². The van der Waals surface area contributed by atoms with E-state index in [-0.39, 0.29) is 5.54 Å². The van der Waals surface area contributed by atoms with Crippen molar-refractivity contribution in [3.63, 3.8) is 0 Å². The second-order valence-corrected chi connectivity index (χ2v) is 4.66. The molecule has 0 spiro atoms. The maximum Gasteiger partial charge on any atom is 0.247 e. The number of rotatable bonds is 2. The summed E-state index contributed by atoms with van der Waals surface area (Å²) in [7, 11) is 1.87. The molecule has 1 aliphatic rings. The Morgan fingerprint density at radius 1 is 1.53 bits per heavy atom. The molecule has 0 bridgehead atoms. The molecule has 6 nitrogen and oxygen atoms in total. The van der Waals surface area contributed by atoms with Gasteiger partial charge in [-0.3, -0.25) is 4.68 Å². The molecule has 1 unspecified atom stereocenters. The molecule has 1 saturated heterocycles. The molecule has 6 heteroatoms. The molecule has 1 aliphatic heterocycles. The van der Waals surface area contributed by atoms with Gasteiger partial charge in [-0.1, -0.05) is 5.16 Å². The van der Waals surface area contributed by atoms with Crippen LogP contribution in [0, 0.1) is 0 Å². The minimum Gasteiger partial charge on any atom is -0.337 e. The third-order valence-corrected chi connectivity index (χ3v) is 3.21. The van der Waals surface area contributed by atoms with Crippen LogP contribution >= 0.6 is 0 Å². The number of hydrogen-bond donors (Lipinski definition) is 1. The van der Waals surface area contributed by atoms with E-state index in [0.29, 0.717) is 11.7 Å². The van der Waals surface area contributed by atoms with Crippen molar-refractivity contribution in [2.45, 2.75) is 25.3 Å². The van der Waals surface area contributed by atoms with E-state index in [0.717, 1.165) is 25.1 Å². The zero-order valence-corrected chi connectivity index (χ0v) is 9.97. The second kappa shape index (κ2) is 3.66. The molecule has 2 aromatic heterocycles. The van der Waals surface area contributed by atoms with Crippen LogP contribution < -0.4 is 5.32 Å². The molecular weight excluding hydrogens is 218 g/mol. The van der Waals surface area contributed by atoms with Gasteiger partial charge >= 0.3 is 0 Å². The number of aromatic nitrogens is 4. The van der Waals surface area contributed by atoms with Gasteiger partial charge < -0.3 is 9.84 Å². The standard InChI is InChI=1S/C11H15N5O/c1-11(5-3-6-12-11)10-13-9(15-17-10)8-4-7-16(2)14-8/h4,7,12H,3,5-6H2,1-2H3. The summed E-state index contributed by atoms with van der Waals surface area (Å²) < 4.78 is 7.07. The molecule has 0 radical (unpaired) electrons. The number of hydrogen-bond acceptors (Lipinski definition) is 5. The molecule has 2 aromatic rings. The lowest BCUT2D eigenvalue weighted by molar-refractivity contribution is 0.275. The monoisotopic (exact) mass is 233 g/mol. The minimum absolute atomic E-state index is 0.181. The van der Waals surface area contributed by atoms with E-state index >= 15 is 0 Å². The number of nitrogens with one attached hydrogen (secondary N) is 1. The van der Waals surface area contributed by atoms with E-state index in [9.17, 15) is 0 Å². The van der Waals surface area contributed by atoms with Gasteiger partial charge in [-0.15, -0.1) is 0 Å². The molecule has 1 atom stereocenters. The average Bonchev–Trinajstić information content (AvgIpc) is 2.96. The highest BCUT2D eigenvalue weighted by Gasteiger charge is 2.35. The summed E-state index contributed by atoms with van der Waals surface area (Å²) >= 11 is 0. The van der Waals surface area contributed by atoms with Crippen molar-refractivity contribution >= 4 is 0 Å². The molecule has 0 amide bonds. The lowest BCUT2D eigenvalue weighted by Gasteiger charge is -2.18. The second-order valence-electron chi connectivity index (χ2n) is 4.66. The van der Waals surface area contributed by atoms with Gasteiger partial charge in [0.15, 0.2) is 0 Å². The van der Waals surface area contributed by atoms with Crippen molar-refractivity contribution in [1.29, 1.82) is 0 Å². The SMILES string of the molecule is Cn1ccc(-c2noc(C3(C)CCCN3)n2)n1. The molecule has 3 heterocycles. The summed E-state index contributed by atoms with van der Waals surface area (Å²) in [6.45, 7) is 3.09. The van der Waals surface area contributed by atoms with Crippen LogP contribution in [0.15, 0.2) is 16.8 Å². The lowest BCUT2D eigenvalue weighted by Crippen LogP contribution is -2.33. The van der Waals surface area contributed by atoms with Gasteiger partial charge in [-0.05, 0) is 32.4 Å². The Kier molecular flexibility index (Phi) is 2.25. The van der Waals surface area contributed by atoms with Crippen molar-refractivity contribution < 1.29 is 4.52 Å². The molecule has 17 heavy (non-hydrogen) atoms. The van der Waals surface area contributed by atoms with Gasteiger partial charge in [0, 0.05) is 13.2 Å². The molecule has 3 rings (SSSR count). The Hall–Kier alpha value is -1.69. The number of aryl methyl sites for hydroxylation is 1. The first-order valence-corrected chi connectivity index (χ1v) is 5.77. The maximum atomic E-state index is 5.34. The van der Waals surface area contributed by atoms with Crippen LogP contribution in [0.25, 0.3) is 11.5 Å². The fraction of sp³-hybridized carbons (Fsp3) is 0.545. The smallest absolute Gasteiger partial charge is 0.247 e. The summed E-state index contributed by atoms with van der Waals surface area (Å²) in [5.41, 5.74) is 0.559. The zero-order valence-electron chi connectivity index (χ0n) is 9.97. The predicted octanol–water partition coefficient (Wildman–Crippen LogP) is 1.07. The summed E-state index contributed by atoms with van der Waals surface area (Å²) in [6, 6.07) is 1.87. The molecule has 0 saturated carbocycles. The summed E-state index contributed by atoms with van der Waals surface area (Å²) in [5, 5.41) is 11.6. The van der Waals surface area contributed by atoms with Crippen LogP contribution in [0.5, 0.6) is 0 Å². The molecular formula is C11H15N5O. The summed E-state index contributed by atoms with van der Waals surface area (Å²) in [5.74, 6) is 1.20. The van der Waals surface area contributed by atoms with Crippen molar-refractivity contribution in [3.8, 4) is 11.5 Å². The molecule has 0 aliphatic carbocycles. The zero-order chi connectivity index (χ0) is 11.9. The Balaban J connectivity index is 1.92. The van der Waals surface area contributed by atoms with Gasteiger partial charge in [-0.25, -0.2) is 0 Å². The van der Waals surface area contributed by atoms with Gasteiger partial charge in [0.2, 0.25) is 11.7 Å². The topological polar surface area (TPSA) is 68.8 Å². The Bertz CT molecular complexity index is 523. The van der Waals surface area contributed by atoms with Gasteiger partial charge in [0.1, 0.15) is 5.69 Å². The summed E-state index contributed by atoms with van der Waals surface area (Å²) in [6.07, 6.45) is 4.02. The van der Waals surface area contributed by atoms with E-state index in [4.69, 9.17) is 4.52 Å². The van der Waals surface area contributed by atoms with Crippen molar-refractivity contribution in [1.82, 2.24) is 25.2 Å². The van der Waals surface area contributed by atoms with Gasteiger partial charge in [-0.2, -0.15) is 10.1 Å². The molecule has 1 fully saturated rings. The first kappa shape index (κ1) is 10.5. The third kappa shape index (κ3) is 1.74. The minimum atomic E-state index is -0.181. The highest BCUT2D eigenvalue weighted by molar-refractivity contribution is 5.46. The van der Waals surface area contributed by atoms with Crippen LogP contribution in [0.3, 0.4) is 0 Å². The quantitative estimate of drug-likeness (QED) is 0.840. The normalized spacial score (nSPS) is 24.4. The highest BCUT2D eigenvalue weighted by atomic mass is 16.5.